The zero-order chi connectivity index (χ0) is 14.1. The lowest BCUT2D eigenvalue weighted by Crippen LogP contribution is -2.44. The smallest absolute Gasteiger partial charge is 0.260 e. The summed E-state index contributed by atoms with van der Waals surface area (Å²) in [5.74, 6) is 0.522. The lowest BCUT2D eigenvalue weighted by Gasteiger charge is -2.30. The molecule has 0 saturated carbocycles. The Balaban J connectivity index is 0.00000161. The van der Waals surface area contributed by atoms with Crippen LogP contribution >= 0.6 is 12.4 Å². The second-order valence-electron chi connectivity index (χ2n) is 5.09. The van der Waals surface area contributed by atoms with E-state index in [4.69, 9.17) is 4.52 Å². The Labute approximate surface area is 128 Å². The van der Waals surface area contributed by atoms with Gasteiger partial charge in [-0.1, -0.05) is 17.3 Å². The van der Waals surface area contributed by atoms with Crippen molar-refractivity contribution in [3.63, 3.8) is 0 Å². The monoisotopic (exact) mass is 312 g/mol. The van der Waals surface area contributed by atoms with Crippen molar-refractivity contribution in [2.24, 2.45) is 0 Å². The molecule has 1 fully saturated rings. The summed E-state index contributed by atoms with van der Waals surface area (Å²) in [6.07, 6.45) is 0. The number of likely N-dealkylation sites (N-methyl/N-ethyl adjacent to an activating group) is 1. The van der Waals surface area contributed by atoms with Gasteiger partial charge in [-0.15, -0.1) is 12.4 Å². The average molecular weight is 313 g/mol. The highest BCUT2D eigenvalue weighted by atomic mass is 35.5. The van der Waals surface area contributed by atoms with E-state index in [2.05, 4.69) is 20.4 Å². The molecule has 0 bridgehead atoms. The molecule has 5 nitrogen and oxygen atoms in total. The number of nitrogens with one attached hydrogen (secondary N) is 1. The van der Waals surface area contributed by atoms with Crippen LogP contribution in [0, 0.1) is 12.7 Å². The molecule has 2 aromatic rings. The minimum atomic E-state index is -0.308. The van der Waals surface area contributed by atoms with E-state index in [1.54, 1.807) is 25.1 Å². The van der Waals surface area contributed by atoms with Crippen LogP contribution in [-0.2, 0) is 0 Å². The number of nitrogens with zero attached hydrogens (tertiary/aromatic N) is 3. The molecule has 114 valence electrons. The molecule has 2 heterocycles. The number of piperazine rings is 1. The number of hydrogen-bond acceptors (Lipinski definition) is 5. The van der Waals surface area contributed by atoms with Crippen molar-refractivity contribution in [2.75, 3.05) is 26.7 Å². The van der Waals surface area contributed by atoms with Crippen LogP contribution in [0.3, 0.4) is 0 Å². The van der Waals surface area contributed by atoms with Crippen molar-refractivity contribution >= 4 is 12.4 Å². The van der Waals surface area contributed by atoms with E-state index >= 15 is 0 Å². The lowest BCUT2D eigenvalue weighted by atomic mass is 10.1. The predicted molar refractivity (Wildman–Crippen MR) is 79.9 cm³/mol. The Bertz CT molecular complexity index is 619. The van der Waals surface area contributed by atoms with Gasteiger partial charge in [0.1, 0.15) is 5.82 Å². The zero-order valence-electron chi connectivity index (χ0n) is 12.0. The molecule has 1 aromatic carbocycles. The minimum Gasteiger partial charge on any atom is -0.334 e. The van der Waals surface area contributed by atoms with Crippen molar-refractivity contribution in [1.82, 2.24) is 20.4 Å². The number of rotatable bonds is 2. The number of benzene rings is 1. The molecule has 0 aliphatic carbocycles. The van der Waals surface area contributed by atoms with Gasteiger partial charge < -0.3 is 9.84 Å². The highest BCUT2D eigenvalue weighted by Gasteiger charge is 2.26. The van der Waals surface area contributed by atoms with Crippen LogP contribution in [0.25, 0.3) is 11.5 Å². The van der Waals surface area contributed by atoms with Crippen LogP contribution in [-0.4, -0.2) is 41.7 Å². The quantitative estimate of drug-likeness (QED) is 0.921. The summed E-state index contributed by atoms with van der Waals surface area (Å²) in [4.78, 5) is 6.52. The summed E-state index contributed by atoms with van der Waals surface area (Å²) in [6, 6.07) is 5.22. The van der Waals surface area contributed by atoms with Gasteiger partial charge in [-0.3, -0.25) is 4.90 Å². The Morgan fingerprint density at radius 2 is 2.24 bits per heavy atom. The van der Waals surface area contributed by atoms with Crippen LogP contribution in [0.1, 0.15) is 17.4 Å². The van der Waals surface area contributed by atoms with Gasteiger partial charge in [0.05, 0.1) is 11.6 Å². The fourth-order valence-electron chi connectivity index (χ4n) is 2.39. The molecule has 0 amide bonds. The van der Waals surface area contributed by atoms with Gasteiger partial charge in [0, 0.05) is 19.6 Å². The molecule has 1 saturated heterocycles. The SMILES string of the molecule is Cc1cccc(-c2nc(C3CNCCN3C)no2)c1F.Cl. The van der Waals surface area contributed by atoms with Crippen molar-refractivity contribution in [3.8, 4) is 11.5 Å². The highest BCUT2D eigenvalue weighted by Crippen LogP contribution is 2.25. The molecular formula is C14H18ClFN4O. The number of halogens is 2. The molecule has 1 aliphatic heterocycles. The normalized spacial score (nSPS) is 19.3. The average Bonchev–Trinajstić information content (AvgIpc) is 2.92. The van der Waals surface area contributed by atoms with Gasteiger partial charge in [0.2, 0.25) is 0 Å². The molecular weight excluding hydrogens is 295 g/mol. The second-order valence-corrected chi connectivity index (χ2v) is 5.09. The maximum Gasteiger partial charge on any atom is 0.260 e. The molecule has 1 aromatic heterocycles. The van der Waals surface area contributed by atoms with Gasteiger partial charge in [-0.05, 0) is 25.6 Å². The standard InChI is InChI=1S/C14H17FN4O.ClH/c1-9-4-3-5-10(12(9)15)14-17-13(18-20-14)11-8-16-6-7-19(11)2;/h3-5,11,16H,6-8H2,1-2H3;1H. The molecule has 0 radical (unpaired) electrons. The zero-order valence-corrected chi connectivity index (χ0v) is 12.8. The molecule has 1 aliphatic rings. The Morgan fingerprint density at radius 1 is 1.43 bits per heavy atom. The number of aromatic nitrogens is 2. The van der Waals surface area contributed by atoms with Crippen LogP contribution < -0.4 is 5.32 Å². The summed E-state index contributed by atoms with van der Waals surface area (Å²) >= 11 is 0. The van der Waals surface area contributed by atoms with Crippen molar-refractivity contribution in [3.05, 3.63) is 35.4 Å². The predicted octanol–water partition coefficient (Wildman–Crippen LogP) is 2.18. The topological polar surface area (TPSA) is 54.2 Å². The summed E-state index contributed by atoms with van der Waals surface area (Å²) in [5, 5.41) is 7.30. The molecule has 1 atom stereocenters. The van der Waals surface area contributed by atoms with E-state index in [-0.39, 0.29) is 30.2 Å². The van der Waals surface area contributed by atoms with E-state index in [1.165, 1.54) is 0 Å². The van der Waals surface area contributed by atoms with Gasteiger partial charge in [-0.2, -0.15) is 4.98 Å². The van der Waals surface area contributed by atoms with E-state index in [0.29, 0.717) is 17.0 Å². The van der Waals surface area contributed by atoms with E-state index < -0.39 is 0 Å². The van der Waals surface area contributed by atoms with Crippen molar-refractivity contribution in [1.29, 1.82) is 0 Å². The van der Waals surface area contributed by atoms with Crippen LogP contribution in [0.4, 0.5) is 4.39 Å². The van der Waals surface area contributed by atoms with Gasteiger partial charge in [0.25, 0.3) is 5.89 Å². The third kappa shape index (κ3) is 3.07. The third-order valence-corrected chi connectivity index (χ3v) is 3.67. The summed E-state index contributed by atoms with van der Waals surface area (Å²) in [6.45, 7) is 4.36. The van der Waals surface area contributed by atoms with Crippen LogP contribution in [0.15, 0.2) is 22.7 Å². The van der Waals surface area contributed by atoms with Gasteiger partial charge in [-0.25, -0.2) is 4.39 Å². The Hall–Kier alpha value is -1.50. The first-order chi connectivity index (χ1) is 9.66. The first-order valence-corrected chi connectivity index (χ1v) is 6.67. The maximum absolute atomic E-state index is 14.1. The molecule has 21 heavy (non-hydrogen) atoms. The van der Waals surface area contributed by atoms with Crippen molar-refractivity contribution in [2.45, 2.75) is 13.0 Å². The van der Waals surface area contributed by atoms with Gasteiger partial charge in [0.15, 0.2) is 5.82 Å². The molecule has 0 spiro atoms. The first kappa shape index (κ1) is 15.9. The largest absolute Gasteiger partial charge is 0.334 e. The van der Waals surface area contributed by atoms with Crippen LogP contribution in [0.5, 0.6) is 0 Å². The molecule has 7 heteroatoms. The molecule has 1 unspecified atom stereocenters. The van der Waals surface area contributed by atoms with E-state index in [0.717, 1.165) is 19.6 Å². The number of hydrogen-bond donors (Lipinski definition) is 1. The van der Waals surface area contributed by atoms with E-state index in [1.807, 2.05) is 7.05 Å². The minimum absolute atomic E-state index is 0. The lowest BCUT2D eigenvalue weighted by molar-refractivity contribution is 0.190. The second kappa shape index (κ2) is 6.51. The summed E-state index contributed by atoms with van der Waals surface area (Å²) in [5.41, 5.74) is 0.925. The number of aryl methyl sites for hydroxylation is 1. The van der Waals surface area contributed by atoms with Crippen LogP contribution in [0.2, 0.25) is 0 Å². The Kier molecular flexibility index (Phi) is 4.92. The molecule has 3 rings (SSSR count). The summed E-state index contributed by atoms with van der Waals surface area (Å²) in [7, 11) is 2.02. The fourth-order valence-corrected chi connectivity index (χ4v) is 2.39. The highest BCUT2D eigenvalue weighted by molar-refractivity contribution is 5.85. The van der Waals surface area contributed by atoms with Crippen molar-refractivity contribution < 1.29 is 8.91 Å². The Morgan fingerprint density at radius 3 is 3.00 bits per heavy atom. The summed E-state index contributed by atoms with van der Waals surface area (Å²) < 4.78 is 19.3. The van der Waals surface area contributed by atoms with Gasteiger partial charge >= 0.3 is 0 Å². The first-order valence-electron chi connectivity index (χ1n) is 6.67. The fraction of sp³-hybridized carbons (Fsp3) is 0.429. The van der Waals surface area contributed by atoms with E-state index in [9.17, 15) is 4.39 Å². The maximum atomic E-state index is 14.1. The third-order valence-electron chi connectivity index (χ3n) is 3.67. The molecule has 1 N–H and O–H groups in total.